The van der Waals surface area contributed by atoms with E-state index in [2.05, 4.69) is 0 Å². The summed E-state index contributed by atoms with van der Waals surface area (Å²) in [6, 6.07) is 0. The molecule has 4 unspecified atom stereocenters. The van der Waals surface area contributed by atoms with E-state index in [0.29, 0.717) is 0 Å². The fraction of sp³-hybridized carbons (Fsp3) is 0.727. The van der Waals surface area contributed by atoms with Crippen LogP contribution in [0, 0.1) is 0 Å². The van der Waals surface area contributed by atoms with Gasteiger partial charge in [0.2, 0.25) is 12.4 Å². The van der Waals surface area contributed by atoms with Gasteiger partial charge in [0.15, 0.2) is 6.29 Å². The summed E-state index contributed by atoms with van der Waals surface area (Å²) < 4.78 is 19.4. The molecule has 1 heterocycles. The minimum Gasteiger partial charge on any atom is -0.458 e. The summed E-state index contributed by atoms with van der Waals surface area (Å²) in [5, 5.41) is 11.4. The number of carbonyl (C=O) groups excluding carboxylic acids is 3. The molecule has 0 aromatic carbocycles. The van der Waals surface area contributed by atoms with Gasteiger partial charge in [-0.05, 0) is 0 Å². The van der Waals surface area contributed by atoms with Gasteiger partial charge < -0.3 is 18.9 Å². The molecule has 0 aromatic heterocycles. The van der Waals surface area contributed by atoms with Gasteiger partial charge in [-0.25, -0.2) is 5.11 Å². The molecule has 0 bridgehead atoms. The summed E-state index contributed by atoms with van der Waals surface area (Å²) in [7, 11) is 0. The zero-order valence-corrected chi connectivity index (χ0v) is 10.8. The van der Waals surface area contributed by atoms with E-state index in [4.69, 9.17) is 18.9 Å². The summed E-state index contributed by atoms with van der Waals surface area (Å²) in [5.74, 6) is -2.03. The zero-order valence-electron chi connectivity index (χ0n) is 10.8. The maximum Gasteiger partial charge on any atom is 0.305 e. The highest BCUT2D eigenvalue weighted by atomic mass is 16.8. The third-order valence-corrected chi connectivity index (χ3v) is 2.25. The minimum absolute atomic E-state index is 0.199. The summed E-state index contributed by atoms with van der Waals surface area (Å²) in [6.07, 6.45) is -5.30. The summed E-state index contributed by atoms with van der Waals surface area (Å²) in [4.78, 5) is 32.9. The highest BCUT2D eigenvalue weighted by Gasteiger charge is 2.45. The van der Waals surface area contributed by atoms with Crippen LogP contribution in [0.1, 0.15) is 27.2 Å². The van der Waals surface area contributed by atoms with Crippen molar-refractivity contribution in [3.05, 3.63) is 0 Å². The molecule has 107 valence electrons. The van der Waals surface area contributed by atoms with E-state index in [-0.39, 0.29) is 6.42 Å². The Morgan fingerprint density at radius 2 is 1.47 bits per heavy atom. The number of rotatable bonds is 3. The van der Waals surface area contributed by atoms with E-state index in [9.17, 15) is 19.5 Å². The van der Waals surface area contributed by atoms with Crippen LogP contribution in [0.15, 0.2) is 0 Å². The van der Waals surface area contributed by atoms with Crippen molar-refractivity contribution >= 4 is 17.9 Å². The largest absolute Gasteiger partial charge is 0.458 e. The molecule has 0 aromatic rings. The quantitative estimate of drug-likeness (QED) is 0.523. The highest BCUT2D eigenvalue weighted by Crippen LogP contribution is 2.25. The van der Waals surface area contributed by atoms with Gasteiger partial charge in [0.25, 0.3) is 0 Å². The molecular formula is C11H15O8. The van der Waals surface area contributed by atoms with Gasteiger partial charge in [0.05, 0.1) is 0 Å². The average molecular weight is 275 g/mol. The minimum atomic E-state index is -1.54. The van der Waals surface area contributed by atoms with E-state index < -0.39 is 42.7 Å². The smallest absolute Gasteiger partial charge is 0.305 e. The molecule has 8 heteroatoms. The summed E-state index contributed by atoms with van der Waals surface area (Å²) in [6.45, 7) is 3.41. The fourth-order valence-corrected chi connectivity index (χ4v) is 1.69. The standard InChI is InChI=1S/C11H15O8/c1-5(12)16-8-4-9(15)19-11(18-7(3)14)10(8)17-6(2)13/h8-11H,4H2,1-3H3. The van der Waals surface area contributed by atoms with Gasteiger partial charge in [-0.1, -0.05) is 0 Å². The molecule has 0 amide bonds. The highest BCUT2D eigenvalue weighted by molar-refractivity contribution is 5.68. The van der Waals surface area contributed by atoms with Gasteiger partial charge in [0, 0.05) is 27.2 Å². The maximum atomic E-state index is 11.4. The molecule has 4 atom stereocenters. The van der Waals surface area contributed by atoms with E-state index >= 15 is 0 Å². The molecular weight excluding hydrogens is 260 g/mol. The number of carbonyl (C=O) groups is 3. The Labute approximate surface area is 109 Å². The Bertz CT molecular complexity index is 340. The number of ether oxygens (including phenoxy) is 4. The lowest BCUT2D eigenvalue weighted by molar-refractivity contribution is -0.314. The van der Waals surface area contributed by atoms with E-state index in [1.54, 1.807) is 0 Å². The van der Waals surface area contributed by atoms with Crippen molar-refractivity contribution in [2.75, 3.05) is 0 Å². The van der Waals surface area contributed by atoms with Crippen molar-refractivity contribution in [1.82, 2.24) is 0 Å². The predicted molar refractivity (Wildman–Crippen MR) is 56.8 cm³/mol. The molecule has 0 spiro atoms. The lowest BCUT2D eigenvalue weighted by Crippen LogP contribution is -2.53. The molecule has 1 saturated heterocycles. The molecule has 19 heavy (non-hydrogen) atoms. The fourth-order valence-electron chi connectivity index (χ4n) is 1.69. The van der Waals surface area contributed by atoms with Crippen LogP contribution in [0.25, 0.3) is 0 Å². The second kappa shape index (κ2) is 6.48. The molecule has 1 radical (unpaired) electrons. The van der Waals surface area contributed by atoms with E-state index in [1.165, 1.54) is 0 Å². The molecule has 0 saturated carbocycles. The third-order valence-electron chi connectivity index (χ3n) is 2.25. The van der Waals surface area contributed by atoms with Crippen molar-refractivity contribution in [2.24, 2.45) is 0 Å². The molecule has 0 aliphatic carbocycles. The van der Waals surface area contributed by atoms with Gasteiger partial charge in [-0.2, -0.15) is 0 Å². The number of esters is 3. The van der Waals surface area contributed by atoms with Crippen LogP contribution in [-0.2, 0) is 38.4 Å². The first-order valence-corrected chi connectivity index (χ1v) is 5.62. The SMILES string of the molecule is CC(=O)OC1CC([O])OC(OC(C)=O)C1OC(C)=O. The van der Waals surface area contributed by atoms with Crippen LogP contribution < -0.4 is 0 Å². The monoisotopic (exact) mass is 275 g/mol. The Balaban J connectivity index is 2.87. The second-order valence-corrected chi connectivity index (χ2v) is 4.00. The van der Waals surface area contributed by atoms with Gasteiger partial charge in [-0.3, -0.25) is 14.4 Å². The Morgan fingerprint density at radius 1 is 0.947 bits per heavy atom. The maximum absolute atomic E-state index is 11.4. The Kier molecular flexibility index (Phi) is 5.25. The number of hydrogen-bond donors (Lipinski definition) is 0. The molecule has 1 aliphatic heterocycles. The zero-order chi connectivity index (χ0) is 14.6. The van der Waals surface area contributed by atoms with Gasteiger partial charge >= 0.3 is 17.9 Å². The van der Waals surface area contributed by atoms with Crippen LogP contribution in [0.5, 0.6) is 0 Å². The van der Waals surface area contributed by atoms with Gasteiger partial charge in [0.1, 0.15) is 6.10 Å². The lowest BCUT2D eigenvalue weighted by atomic mass is 10.1. The topological polar surface area (TPSA) is 108 Å². The molecule has 1 fully saturated rings. The first kappa shape index (κ1) is 15.4. The van der Waals surface area contributed by atoms with Crippen LogP contribution in [0.4, 0.5) is 0 Å². The first-order chi connectivity index (χ1) is 8.79. The van der Waals surface area contributed by atoms with Crippen molar-refractivity contribution in [3.63, 3.8) is 0 Å². The number of hydrogen-bond acceptors (Lipinski definition) is 7. The van der Waals surface area contributed by atoms with E-state index in [0.717, 1.165) is 20.8 Å². The summed E-state index contributed by atoms with van der Waals surface area (Å²) in [5.41, 5.74) is 0. The van der Waals surface area contributed by atoms with Crippen molar-refractivity contribution in [2.45, 2.75) is 52.0 Å². The summed E-state index contributed by atoms with van der Waals surface area (Å²) >= 11 is 0. The third kappa shape index (κ3) is 4.84. The van der Waals surface area contributed by atoms with Crippen molar-refractivity contribution in [1.29, 1.82) is 0 Å². The molecule has 1 aliphatic rings. The van der Waals surface area contributed by atoms with Crippen molar-refractivity contribution < 1.29 is 38.4 Å². The lowest BCUT2D eigenvalue weighted by Gasteiger charge is -2.36. The second-order valence-electron chi connectivity index (χ2n) is 4.00. The molecule has 8 nitrogen and oxygen atoms in total. The molecule has 0 N–H and O–H groups in total. The first-order valence-electron chi connectivity index (χ1n) is 5.62. The average Bonchev–Trinajstić information content (AvgIpc) is 2.20. The van der Waals surface area contributed by atoms with Crippen LogP contribution >= 0.6 is 0 Å². The van der Waals surface area contributed by atoms with Crippen LogP contribution in [-0.4, -0.2) is 42.7 Å². The van der Waals surface area contributed by atoms with Gasteiger partial charge in [-0.15, -0.1) is 0 Å². The van der Waals surface area contributed by atoms with Crippen LogP contribution in [0.2, 0.25) is 0 Å². The molecule has 1 rings (SSSR count). The Hall–Kier alpha value is -1.67. The normalized spacial score (nSPS) is 30.3. The van der Waals surface area contributed by atoms with Crippen molar-refractivity contribution in [3.8, 4) is 0 Å². The van der Waals surface area contributed by atoms with Crippen LogP contribution in [0.3, 0.4) is 0 Å². The van der Waals surface area contributed by atoms with E-state index in [1.807, 2.05) is 0 Å². The predicted octanol–water partition coefficient (Wildman–Crippen LogP) is -0.0841. The Morgan fingerprint density at radius 3 is 1.95 bits per heavy atom.